The number of aromatic nitrogens is 2. The number of nitrogens with zero attached hydrogens (tertiary/aromatic N) is 3. The van der Waals surface area contributed by atoms with Crippen LogP contribution in [0.4, 0.5) is 4.39 Å². The van der Waals surface area contributed by atoms with Crippen molar-refractivity contribution in [3.05, 3.63) is 47.4 Å². The van der Waals surface area contributed by atoms with Gasteiger partial charge >= 0.3 is 0 Å². The molecule has 2 atom stereocenters. The van der Waals surface area contributed by atoms with Crippen molar-refractivity contribution < 1.29 is 14.0 Å². The largest absolute Gasteiger partial charge is 0.392 e. The average molecular weight is 303 g/mol. The van der Waals surface area contributed by atoms with Crippen molar-refractivity contribution >= 4 is 0 Å². The Labute approximate surface area is 127 Å². The molecule has 0 unspecified atom stereocenters. The smallest absolute Gasteiger partial charge is 0.240 e. The van der Waals surface area contributed by atoms with E-state index in [0.29, 0.717) is 31.3 Å². The summed E-state index contributed by atoms with van der Waals surface area (Å²) in [4.78, 5) is 6.56. The van der Waals surface area contributed by atoms with Gasteiger partial charge in [-0.2, -0.15) is 4.98 Å². The molecule has 2 aliphatic rings. The van der Waals surface area contributed by atoms with Gasteiger partial charge in [0.25, 0.3) is 0 Å². The van der Waals surface area contributed by atoms with E-state index in [1.54, 1.807) is 12.1 Å². The molecule has 1 aromatic carbocycles. The monoisotopic (exact) mass is 303 g/mol. The van der Waals surface area contributed by atoms with Crippen LogP contribution in [-0.4, -0.2) is 32.8 Å². The summed E-state index contributed by atoms with van der Waals surface area (Å²) in [5.41, 5.74) is 1.000. The topological polar surface area (TPSA) is 62.4 Å². The lowest BCUT2D eigenvalue weighted by Crippen LogP contribution is -2.24. The first-order valence-corrected chi connectivity index (χ1v) is 7.69. The predicted molar refractivity (Wildman–Crippen MR) is 76.4 cm³/mol. The normalized spacial score (nSPS) is 25.7. The van der Waals surface area contributed by atoms with Crippen LogP contribution >= 0.6 is 0 Å². The van der Waals surface area contributed by atoms with E-state index < -0.39 is 0 Å². The molecule has 2 aromatic rings. The third-order valence-corrected chi connectivity index (χ3v) is 4.40. The minimum Gasteiger partial charge on any atom is -0.392 e. The van der Waals surface area contributed by atoms with E-state index in [4.69, 9.17) is 4.52 Å². The number of halogens is 1. The van der Waals surface area contributed by atoms with Crippen LogP contribution < -0.4 is 0 Å². The summed E-state index contributed by atoms with van der Waals surface area (Å²) in [7, 11) is 0. The molecule has 0 spiro atoms. The minimum absolute atomic E-state index is 0.0480. The molecule has 6 heteroatoms. The van der Waals surface area contributed by atoms with Crippen molar-refractivity contribution in [3.8, 4) is 0 Å². The Morgan fingerprint density at radius 3 is 2.77 bits per heavy atom. The molecule has 2 heterocycles. The second-order valence-electron chi connectivity index (χ2n) is 6.21. The highest BCUT2D eigenvalue weighted by Crippen LogP contribution is 2.38. The van der Waals surface area contributed by atoms with Crippen molar-refractivity contribution in [3.63, 3.8) is 0 Å². The SMILES string of the molecule is O[C@@H]1C[C@@H](c2ccc(F)cc2)N(Cc2nc(C3CC3)no2)C1. The molecule has 2 fully saturated rings. The van der Waals surface area contributed by atoms with Gasteiger partial charge in [0.2, 0.25) is 5.89 Å². The lowest BCUT2D eigenvalue weighted by molar-refractivity contribution is 0.164. The number of rotatable bonds is 4. The lowest BCUT2D eigenvalue weighted by atomic mass is 10.0. The zero-order chi connectivity index (χ0) is 15.1. The van der Waals surface area contributed by atoms with E-state index in [0.717, 1.165) is 24.2 Å². The Balaban J connectivity index is 1.51. The van der Waals surface area contributed by atoms with E-state index >= 15 is 0 Å². The van der Waals surface area contributed by atoms with Crippen LogP contribution in [0.1, 0.15) is 48.5 Å². The number of hydrogen-bond donors (Lipinski definition) is 1. The second kappa shape index (κ2) is 5.44. The highest BCUT2D eigenvalue weighted by molar-refractivity contribution is 5.21. The van der Waals surface area contributed by atoms with Crippen LogP contribution in [0.25, 0.3) is 0 Å². The quantitative estimate of drug-likeness (QED) is 0.939. The number of aliphatic hydroxyl groups excluding tert-OH is 1. The molecule has 0 amide bonds. The van der Waals surface area contributed by atoms with Gasteiger partial charge in [0.1, 0.15) is 5.82 Å². The zero-order valence-corrected chi connectivity index (χ0v) is 12.2. The highest BCUT2D eigenvalue weighted by atomic mass is 19.1. The Morgan fingerprint density at radius 1 is 1.27 bits per heavy atom. The predicted octanol–water partition coefficient (Wildman–Crippen LogP) is 2.39. The van der Waals surface area contributed by atoms with E-state index in [-0.39, 0.29) is 18.0 Å². The van der Waals surface area contributed by atoms with Crippen LogP contribution in [0.5, 0.6) is 0 Å². The zero-order valence-electron chi connectivity index (χ0n) is 12.2. The van der Waals surface area contributed by atoms with E-state index in [9.17, 15) is 9.50 Å². The van der Waals surface area contributed by atoms with Crippen molar-refractivity contribution in [2.45, 2.75) is 43.9 Å². The summed E-state index contributed by atoms with van der Waals surface area (Å²) in [5, 5.41) is 14.0. The molecule has 1 aliphatic heterocycles. The number of β-amino-alcohol motifs (C(OH)–C–C–N with tert-alkyl or cyclic N) is 1. The molecule has 4 rings (SSSR count). The Kier molecular flexibility index (Phi) is 3.43. The fourth-order valence-corrected chi connectivity index (χ4v) is 3.10. The maximum atomic E-state index is 13.1. The standard InChI is InChI=1S/C16H18FN3O2/c17-12-5-3-10(4-6-12)14-7-13(21)8-20(14)9-15-18-16(19-22-15)11-1-2-11/h3-6,11,13-14,21H,1-2,7-9H2/t13-,14+/m1/s1. The van der Waals surface area contributed by atoms with Crippen LogP contribution in [0.2, 0.25) is 0 Å². The number of likely N-dealkylation sites (tertiary alicyclic amines) is 1. The van der Waals surface area contributed by atoms with Gasteiger partial charge in [-0.1, -0.05) is 17.3 Å². The number of benzene rings is 1. The molecule has 22 heavy (non-hydrogen) atoms. The molecule has 116 valence electrons. The summed E-state index contributed by atoms with van der Waals surface area (Å²) in [6, 6.07) is 6.50. The van der Waals surface area contributed by atoms with Crippen LogP contribution in [0.3, 0.4) is 0 Å². The molecule has 5 nitrogen and oxygen atoms in total. The van der Waals surface area contributed by atoms with Gasteiger partial charge < -0.3 is 9.63 Å². The van der Waals surface area contributed by atoms with Gasteiger partial charge in [-0.15, -0.1) is 0 Å². The van der Waals surface area contributed by atoms with Gasteiger partial charge in [-0.3, -0.25) is 4.90 Å². The average Bonchev–Trinajstić information content (AvgIpc) is 3.15. The summed E-state index contributed by atoms with van der Waals surface area (Å²) in [5.74, 6) is 1.60. The first-order valence-electron chi connectivity index (χ1n) is 7.69. The van der Waals surface area contributed by atoms with Crippen LogP contribution in [-0.2, 0) is 6.54 Å². The lowest BCUT2D eigenvalue weighted by Gasteiger charge is -2.22. The van der Waals surface area contributed by atoms with Crippen molar-refractivity contribution in [1.29, 1.82) is 0 Å². The van der Waals surface area contributed by atoms with E-state index in [1.807, 2.05) is 0 Å². The maximum absolute atomic E-state index is 13.1. The Bertz CT molecular complexity index is 654. The van der Waals surface area contributed by atoms with Gasteiger partial charge in [0, 0.05) is 18.5 Å². The first-order chi connectivity index (χ1) is 10.7. The summed E-state index contributed by atoms with van der Waals surface area (Å²) in [6.45, 7) is 1.07. The minimum atomic E-state index is -0.388. The maximum Gasteiger partial charge on any atom is 0.240 e. The molecule has 0 radical (unpaired) electrons. The fraction of sp³-hybridized carbons (Fsp3) is 0.500. The Hall–Kier alpha value is -1.79. The summed E-state index contributed by atoms with van der Waals surface area (Å²) in [6.07, 6.45) is 2.52. The van der Waals surface area contributed by atoms with Gasteiger partial charge in [0.15, 0.2) is 5.82 Å². The second-order valence-corrected chi connectivity index (χ2v) is 6.21. The molecule has 1 aliphatic carbocycles. The van der Waals surface area contributed by atoms with Crippen molar-refractivity contribution in [2.24, 2.45) is 0 Å². The van der Waals surface area contributed by atoms with Gasteiger partial charge in [-0.25, -0.2) is 4.39 Å². The summed E-state index contributed by atoms with van der Waals surface area (Å²) < 4.78 is 18.4. The van der Waals surface area contributed by atoms with Gasteiger partial charge in [-0.05, 0) is 37.0 Å². The molecule has 1 saturated heterocycles. The van der Waals surface area contributed by atoms with Crippen molar-refractivity contribution in [1.82, 2.24) is 15.0 Å². The third-order valence-electron chi connectivity index (χ3n) is 4.40. The third kappa shape index (κ3) is 2.76. The highest BCUT2D eigenvalue weighted by Gasteiger charge is 2.34. The Morgan fingerprint density at radius 2 is 2.05 bits per heavy atom. The molecular formula is C16H18FN3O2. The van der Waals surface area contributed by atoms with Crippen LogP contribution in [0.15, 0.2) is 28.8 Å². The first kappa shape index (κ1) is 13.8. The molecule has 1 N–H and O–H groups in total. The molecule has 0 bridgehead atoms. The fourth-order valence-electron chi connectivity index (χ4n) is 3.10. The summed E-state index contributed by atoms with van der Waals surface area (Å²) >= 11 is 0. The molecule has 1 saturated carbocycles. The number of aliphatic hydroxyl groups is 1. The molecular weight excluding hydrogens is 285 g/mol. The van der Waals surface area contributed by atoms with Gasteiger partial charge in [0.05, 0.1) is 12.6 Å². The molecule has 1 aromatic heterocycles. The van der Waals surface area contributed by atoms with E-state index in [2.05, 4.69) is 15.0 Å². The number of hydrogen-bond acceptors (Lipinski definition) is 5. The van der Waals surface area contributed by atoms with Crippen LogP contribution in [0, 0.1) is 5.82 Å². The van der Waals surface area contributed by atoms with E-state index in [1.165, 1.54) is 12.1 Å². The van der Waals surface area contributed by atoms with Crippen molar-refractivity contribution in [2.75, 3.05) is 6.54 Å².